The number of hydrogen-bond donors (Lipinski definition) is 1. The molecule has 1 unspecified atom stereocenters. The van der Waals surface area contributed by atoms with E-state index in [1.54, 1.807) is 0 Å². The van der Waals surface area contributed by atoms with Gasteiger partial charge in [-0.1, -0.05) is 13.8 Å². The highest BCUT2D eigenvalue weighted by molar-refractivity contribution is 4.98. The van der Waals surface area contributed by atoms with Crippen LogP contribution >= 0.6 is 0 Å². The SMILES string of the molecule is COCC1CCCN(C2(CN)CCN(CC(C)C)CC2)C1. The summed E-state index contributed by atoms with van der Waals surface area (Å²) in [6, 6.07) is 0. The Morgan fingerprint density at radius 1 is 1.24 bits per heavy atom. The maximum absolute atomic E-state index is 6.24. The lowest BCUT2D eigenvalue weighted by Gasteiger charge is -2.51. The second kappa shape index (κ2) is 7.91. The molecule has 0 aromatic carbocycles. The minimum Gasteiger partial charge on any atom is -0.384 e. The van der Waals surface area contributed by atoms with E-state index in [1.807, 2.05) is 7.11 Å². The van der Waals surface area contributed by atoms with Crippen LogP contribution in [0.25, 0.3) is 0 Å². The number of methoxy groups -OCH3 is 1. The minimum absolute atomic E-state index is 0.250. The molecule has 0 bridgehead atoms. The lowest BCUT2D eigenvalue weighted by Crippen LogP contribution is -2.61. The van der Waals surface area contributed by atoms with Crippen LogP contribution in [0.2, 0.25) is 0 Å². The Balaban J connectivity index is 1.92. The molecule has 2 aliphatic rings. The van der Waals surface area contributed by atoms with Gasteiger partial charge in [0.25, 0.3) is 0 Å². The Hall–Kier alpha value is -0.160. The molecule has 0 aromatic heterocycles. The third kappa shape index (κ3) is 4.41. The molecular formula is C17H35N3O. The van der Waals surface area contributed by atoms with Gasteiger partial charge < -0.3 is 15.4 Å². The second-order valence-corrected chi connectivity index (χ2v) is 7.53. The van der Waals surface area contributed by atoms with Crippen LogP contribution in [0.1, 0.15) is 39.5 Å². The van der Waals surface area contributed by atoms with E-state index in [1.165, 1.54) is 58.4 Å². The maximum Gasteiger partial charge on any atom is 0.0502 e. The predicted molar refractivity (Wildman–Crippen MR) is 88.5 cm³/mol. The summed E-state index contributed by atoms with van der Waals surface area (Å²) < 4.78 is 5.38. The lowest BCUT2D eigenvalue weighted by molar-refractivity contribution is -0.0152. The first kappa shape index (κ1) is 17.2. The van der Waals surface area contributed by atoms with Crippen LogP contribution in [-0.2, 0) is 4.74 Å². The second-order valence-electron chi connectivity index (χ2n) is 7.53. The standard InChI is InChI=1S/C17H35N3O/c1-15(2)11-19-9-6-17(14-18,7-10-19)20-8-4-5-16(12-20)13-21-3/h15-16H,4-14,18H2,1-3H3. The van der Waals surface area contributed by atoms with Crippen molar-refractivity contribution in [3.63, 3.8) is 0 Å². The van der Waals surface area contributed by atoms with Gasteiger partial charge in [0.05, 0.1) is 6.61 Å². The van der Waals surface area contributed by atoms with Crippen molar-refractivity contribution in [2.45, 2.75) is 45.1 Å². The molecule has 0 saturated carbocycles. The molecule has 2 N–H and O–H groups in total. The van der Waals surface area contributed by atoms with Gasteiger partial charge in [0.2, 0.25) is 0 Å². The lowest BCUT2D eigenvalue weighted by atomic mass is 9.82. The zero-order valence-electron chi connectivity index (χ0n) is 14.3. The molecule has 0 amide bonds. The number of ether oxygens (including phenoxy) is 1. The van der Waals surface area contributed by atoms with Crippen molar-refractivity contribution in [2.75, 3.05) is 53.0 Å². The van der Waals surface area contributed by atoms with E-state index in [9.17, 15) is 0 Å². The Morgan fingerprint density at radius 2 is 1.95 bits per heavy atom. The number of nitrogens with zero attached hydrogens (tertiary/aromatic N) is 2. The highest BCUT2D eigenvalue weighted by Gasteiger charge is 2.40. The first-order valence-electron chi connectivity index (χ1n) is 8.76. The van der Waals surface area contributed by atoms with Gasteiger partial charge in [-0.15, -0.1) is 0 Å². The van der Waals surface area contributed by atoms with Crippen molar-refractivity contribution in [1.29, 1.82) is 0 Å². The van der Waals surface area contributed by atoms with Gasteiger partial charge in [0.1, 0.15) is 0 Å². The summed E-state index contributed by atoms with van der Waals surface area (Å²) in [6.07, 6.45) is 5.07. The Labute approximate surface area is 131 Å². The van der Waals surface area contributed by atoms with Crippen molar-refractivity contribution in [2.24, 2.45) is 17.6 Å². The summed E-state index contributed by atoms with van der Waals surface area (Å²) in [5, 5.41) is 0. The fraction of sp³-hybridized carbons (Fsp3) is 1.00. The van der Waals surface area contributed by atoms with Gasteiger partial charge in [0.15, 0.2) is 0 Å². The van der Waals surface area contributed by atoms with Crippen molar-refractivity contribution in [1.82, 2.24) is 9.80 Å². The van der Waals surface area contributed by atoms with Crippen LogP contribution in [0.15, 0.2) is 0 Å². The fourth-order valence-corrected chi connectivity index (χ4v) is 4.19. The summed E-state index contributed by atoms with van der Waals surface area (Å²) >= 11 is 0. The quantitative estimate of drug-likeness (QED) is 0.812. The Bertz CT molecular complexity index is 298. The van der Waals surface area contributed by atoms with Crippen LogP contribution < -0.4 is 5.73 Å². The molecule has 0 aromatic rings. The zero-order valence-corrected chi connectivity index (χ0v) is 14.3. The van der Waals surface area contributed by atoms with Crippen LogP contribution in [0, 0.1) is 11.8 Å². The number of nitrogens with two attached hydrogens (primary N) is 1. The normalized spacial score (nSPS) is 28.1. The predicted octanol–water partition coefficient (Wildman–Crippen LogP) is 1.79. The van der Waals surface area contributed by atoms with Gasteiger partial charge in [-0.05, 0) is 57.2 Å². The molecule has 2 fully saturated rings. The zero-order chi connectivity index (χ0) is 15.3. The number of rotatable bonds is 6. The van der Waals surface area contributed by atoms with Gasteiger partial charge in [-0.25, -0.2) is 0 Å². The van der Waals surface area contributed by atoms with Crippen molar-refractivity contribution in [3.8, 4) is 0 Å². The molecule has 2 heterocycles. The van der Waals surface area contributed by atoms with E-state index in [4.69, 9.17) is 10.5 Å². The van der Waals surface area contributed by atoms with Crippen molar-refractivity contribution >= 4 is 0 Å². The summed E-state index contributed by atoms with van der Waals surface area (Å²) in [4.78, 5) is 5.32. The van der Waals surface area contributed by atoms with Crippen molar-refractivity contribution < 1.29 is 4.74 Å². The monoisotopic (exact) mass is 297 g/mol. The Kier molecular flexibility index (Phi) is 6.48. The highest BCUT2D eigenvalue weighted by Crippen LogP contribution is 2.32. The van der Waals surface area contributed by atoms with Crippen LogP contribution in [0.4, 0.5) is 0 Å². The number of likely N-dealkylation sites (tertiary alicyclic amines) is 2. The highest BCUT2D eigenvalue weighted by atomic mass is 16.5. The summed E-state index contributed by atoms with van der Waals surface area (Å²) in [5.41, 5.74) is 6.49. The third-order valence-electron chi connectivity index (χ3n) is 5.38. The fourth-order valence-electron chi connectivity index (χ4n) is 4.19. The molecular weight excluding hydrogens is 262 g/mol. The van der Waals surface area contributed by atoms with E-state index in [-0.39, 0.29) is 5.54 Å². The molecule has 4 nitrogen and oxygen atoms in total. The molecule has 21 heavy (non-hydrogen) atoms. The average Bonchev–Trinajstić information content (AvgIpc) is 2.48. The van der Waals surface area contributed by atoms with Crippen LogP contribution in [0.3, 0.4) is 0 Å². The molecule has 0 radical (unpaired) electrons. The van der Waals surface area contributed by atoms with Gasteiger partial charge >= 0.3 is 0 Å². The molecule has 2 aliphatic heterocycles. The Morgan fingerprint density at radius 3 is 2.52 bits per heavy atom. The van der Waals surface area contributed by atoms with Gasteiger partial charge in [-0.3, -0.25) is 4.90 Å². The minimum atomic E-state index is 0.250. The smallest absolute Gasteiger partial charge is 0.0502 e. The van der Waals surface area contributed by atoms with E-state index in [0.717, 1.165) is 19.1 Å². The maximum atomic E-state index is 6.24. The van der Waals surface area contributed by atoms with Gasteiger partial charge in [-0.2, -0.15) is 0 Å². The van der Waals surface area contributed by atoms with E-state index in [0.29, 0.717) is 5.92 Å². The molecule has 1 atom stereocenters. The van der Waals surface area contributed by atoms with Crippen molar-refractivity contribution in [3.05, 3.63) is 0 Å². The van der Waals surface area contributed by atoms with E-state index in [2.05, 4.69) is 23.6 Å². The molecule has 0 spiro atoms. The molecule has 0 aliphatic carbocycles. The molecule has 4 heteroatoms. The summed E-state index contributed by atoms with van der Waals surface area (Å²) in [7, 11) is 1.82. The first-order chi connectivity index (χ1) is 10.1. The molecule has 2 rings (SSSR count). The summed E-state index contributed by atoms with van der Waals surface area (Å²) in [5.74, 6) is 1.46. The van der Waals surface area contributed by atoms with Crippen LogP contribution in [-0.4, -0.2) is 68.3 Å². The largest absolute Gasteiger partial charge is 0.384 e. The van der Waals surface area contributed by atoms with E-state index < -0.39 is 0 Å². The first-order valence-corrected chi connectivity index (χ1v) is 8.76. The number of piperidine rings is 2. The number of hydrogen-bond acceptors (Lipinski definition) is 4. The van der Waals surface area contributed by atoms with E-state index >= 15 is 0 Å². The topological polar surface area (TPSA) is 41.7 Å². The third-order valence-corrected chi connectivity index (χ3v) is 5.38. The molecule has 2 saturated heterocycles. The van der Waals surface area contributed by atoms with Gasteiger partial charge in [0, 0.05) is 32.3 Å². The molecule has 124 valence electrons. The summed E-state index contributed by atoms with van der Waals surface area (Å²) in [6.45, 7) is 12.4. The average molecular weight is 297 g/mol. The van der Waals surface area contributed by atoms with Crippen LogP contribution in [0.5, 0.6) is 0 Å².